The summed E-state index contributed by atoms with van der Waals surface area (Å²) in [5.41, 5.74) is 0. The van der Waals surface area contributed by atoms with Gasteiger partial charge in [0.15, 0.2) is 0 Å². The molecule has 14 heavy (non-hydrogen) atoms. The Labute approximate surface area is 82.8 Å². The van der Waals surface area contributed by atoms with Crippen molar-refractivity contribution >= 4 is 11.8 Å². The van der Waals surface area contributed by atoms with Crippen molar-refractivity contribution in [3.05, 3.63) is 12.2 Å². The van der Waals surface area contributed by atoms with E-state index in [-0.39, 0.29) is 23.5 Å². The molecule has 0 aromatic carbocycles. The van der Waals surface area contributed by atoms with Crippen molar-refractivity contribution in [2.24, 2.45) is 23.7 Å². The van der Waals surface area contributed by atoms with E-state index in [0.29, 0.717) is 6.42 Å². The highest BCUT2D eigenvalue weighted by atomic mass is 16.4. The van der Waals surface area contributed by atoms with Gasteiger partial charge in [0.2, 0.25) is 0 Å². The highest BCUT2D eigenvalue weighted by molar-refractivity contribution is 5.88. The smallest absolute Gasteiger partial charge is 0.307 e. The molecular weight excluding hydrogens is 180 g/mol. The summed E-state index contributed by atoms with van der Waals surface area (Å²) in [7, 11) is 0. The predicted octanol–water partition coefficient (Wildman–Crippen LogP) is 1.49. The van der Waals surface area contributed by atoms with Gasteiger partial charge in [-0.05, 0) is 18.3 Å². The Balaban J connectivity index is 2.26. The quantitative estimate of drug-likeness (QED) is 0.692. The number of allylic oxidation sites excluding steroid dienone is 2. The second kappa shape index (κ2) is 3.23. The van der Waals surface area contributed by atoms with Crippen molar-refractivity contribution in [3.8, 4) is 0 Å². The summed E-state index contributed by atoms with van der Waals surface area (Å²) in [5, 5.41) is 9.06. The first-order valence-electron chi connectivity index (χ1n) is 5.09. The predicted molar refractivity (Wildman–Crippen MR) is 50.7 cm³/mol. The van der Waals surface area contributed by atoms with Gasteiger partial charge >= 0.3 is 5.97 Å². The maximum Gasteiger partial charge on any atom is 0.307 e. The molecule has 1 N–H and O–H groups in total. The van der Waals surface area contributed by atoms with Gasteiger partial charge in [-0.1, -0.05) is 19.1 Å². The highest BCUT2D eigenvalue weighted by Crippen LogP contribution is 2.48. The molecule has 2 aliphatic rings. The van der Waals surface area contributed by atoms with Crippen LogP contribution in [0.15, 0.2) is 12.2 Å². The molecule has 76 valence electrons. The summed E-state index contributed by atoms with van der Waals surface area (Å²) in [4.78, 5) is 22.7. The number of carbonyl (C=O) groups excluding carboxylic acids is 1. The topological polar surface area (TPSA) is 54.4 Å². The first-order valence-corrected chi connectivity index (χ1v) is 5.09. The van der Waals surface area contributed by atoms with E-state index in [1.54, 1.807) is 6.92 Å². The molecule has 0 amide bonds. The van der Waals surface area contributed by atoms with Crippen molar-refractivity contribution < 1.29 is 14.7 Å². The fourth-order valence-corrected chi connectivity index (χ4v) is 2.83. The van der Waals surface area contributed by atoms with Crippen LogP contribution in [0, 0.1) is 23.7 Å². The van der Waals surface area contributed by atoms with E-state index in [1.807, 2.05) is 12.2 Å². The molecule has 0 aliphatic heterocycles. The summed E-state index contributed by atoms with van der Waals surface area (Å²) in [6.07, 6.45) is 5.28. The van der Waals surface area contributed by atoms with Crippen LogP contribution in [0.25, 0.3) is 0 Å². The molecule has 2 rings (SSSR count). The summed E-state index contributed by atoms with van der Waals surface area (Å²) >= 11 is 0. The average molecular weight is 194 g/mol. The van der Waals surface area contributed by atoms with Crippen molar-refractivity contribution in [3.63, 3.8) is 0 Å². The Morgan fingerprint density at radius 1 is 1.29 bits per heavy atom. The van der Waals surface area contributed by atoms with E-state index < -0.39 is 11.9 Å². The first-order chi connectivity index (χ1) is 6.65. The monoisotopic (exact) mass is 194 g/mol. The van der Waals surface area contributed by atoms with Gasteiger partial charge in [0.25, 0.3) is 0 Å². The van der Waals surface area contributed by atoms with Crippen LogP contribution in [-0.2, 0) is 9.59 Å². The second-order valence-electron chi connectivity index (χ2n) is 4.16. The van der Waals surface area contributed by atoms with Crippen LogP contribution in [-0.4, -0.2) is 16.9 Å². The minimum absolute atomic E-state index is 0.0954. The van der Waals surface area contributed by atoms with Crippen LogP contribution in [0.4, 0.5) is 0 Å². The molecule has 1 saturated carbocycles. The second-order valence-corrected chi connectivity index (χ2v) is 4.16. The number of fused-ring (bicyclic) bond motifs is 2. The molecule has 0 aromatic heterocycles. The van der Waals surface area contributed by atoms with Crippen molar-refractivity contribution in [2.45, 2.75) is 19.8 Å². The van der Waals surface area contributed by atoms with Gasteiger partial charge in [0.1, 0.15) is 5.78 Å². The third-order valence-corrected chi connectivity index (χ3v) is 3.46. The maximum absolute atomic E-state index is 11.6. The van der Waals surface area contributed by atoms with Crippen LogP contribution >= 0.6 is 0 Å². The SMILES string of the molecule is CCC(=O)[C@H]1[C@@H](C(=O)O)[C@@H]2C=C[C@H]1C2. The minimum atomic E-state index is -0.811. The van der Waals surface area contributed by atoms with Gasteiger partial charge in [-0.3, -0.25) is 9.59 Å². The number of Topliss-reactive ketones (excluding diaryl/α,β-unsaturated/α-hetero) is 1. The molecule has 0 unspecified atom stereocenters. The molecular formula is C11H14O3. The van der Waals surface area contributed by atoms with Crippen LogP contribution < -0.4 is 0 Å². The molecule has 1 fully saturated rings. The normalized spacial score (nSPS) is 38.9. The largest absolute Gasteiger partial charge is 0.481 e. The zero-order valence-corrected chi connectivity index (χ0v) is 8.14. The van der Waals surface area contributed by atoms with Gasteiger partial charge < -0.3 is 5.11 Å². The molecule has 2 aliphatic carbocycles. The number of hydrogen-bond acceptors (Lipinski definition) is 2. The Bertz CT molecular complexity index is 306. The summed E-state index contributed by atoms with van der Waals surface area (Å²) < 4.78 is 0. The molecule has 3 heteroatoms. The third kappa shape index (κ3) is 1.19. The van der Waals surface area contributed by atoms with Gasteiger partial charge in [0.05, 0.1) is 5.92 Å². The highest BCUT2D eigenvalue weighted by Gasteiger charge is 2.50. The van der Waals surface area contributed by atoms with Crippen LogP contribution in [0.3, 0.4) is 0 Å². The van der Waals surface area contributed by atoms with Crippen LogP contribution in [0.5, 0.6) is 0 Å². The molecule has 2 bridgehead atoms. The van der Waals surface area contributed by atoms with E-state index in [9.17, 15) is 9.59 Å². The molecule has 0 spiro atoms. The molecule has 0 heterocycles. The van der Waals surface area contributed by atoms with Gasteiger partial charge in [-0.25, -0.2) is 0 Å². The Hall–Kier alpha value is -1.12. The average Bonchev–Trinajstić information content (AvgIpc) is 2.74. The van der Waals surface area contributed by atoms with Crippen molar-refractivity contribution in [1.82, 2.24) is 0 Å². The Morgan fingerprint density at radius 3 is 2.36 bits per heavy atom. The lowest BCUT2D eigenvalue weighted by Gasteiger charge is -2.22. The van der Waals surface area contributed by atoms with Crippen molar-refractivity contribution in [1.29, 1.82) is 0 Å². The fraction of sp³-hybridized carbons (Fsp3) is 0.636. The lowest BCUT2D eigenvalue weighted by Crippen LogP contribution is -2.32. The van der Waals surface area contributed by atoms with E-state index >= 15 is 0 Å². The lowest BCUT2D eigenvalue weighted by atomic mass is 9.80. The standard InChI is InChI=1S/C11H14O3/c1-2-8(12)9-6-3-4-7(5-6)10(9)11(13)14/h3-4,6-7,9-10H,2,5H2,1H3,(H,13,14)/t6-,7+,9-,10-/m0/s1. The lowest BCUT2D eigenvalue weighted by molar-refractivity contribution is -0.147. The number of rotatable bonds is 3. The third-order valence-electron chi connectivity index (χ3n) is 3.46. The van der Waals surface area contributed by atoms with E-state index in [0.717, 1.165) is 6.42 Å². The summed E-state index contributed by atoms with van der Waals surface area (Å²) in [6.45, 7) is 1.80. The number of hydrogen-bond donors (Lipinski definition) is 1. The Morgan fingerprint density at radius 2 is 1.86 bits per heavy atom. The number of carbonyl (C=O) groups is 2. The molecule has 0 radical (unpaired) electrons. The zero-order valence-electron chi connectivity index (χ0n) is 8.14. The Kier molecular flexibility index (Phi) is 2.17. The zero-order chi connectivity index (χ0) is 10.3. The fourth-order valence-electron chi connectivity index (χ4n) is 2.83. The van der Waals surface area contributed by atoms with E-state index in [2.05, 4.69) is 0 Å². The van der Waals surface area contributed by atoms with Gasteiger partial charge in [-0.2, -0.15) is 0 Å². The first kappa shape index (κ1) is 9.44. The van der Waals surface area contributed by atoms with Gasteiger partial charge in [-0.15, -0.1) is 0 Å². The molecule has 4 atom stereocenters. The molecule has 3 nitrogen and oxygen atoms in total. The molecule has 0 aromatic rings. The number of carboxylic acid groups (broad SMARTS) is 1. The van der Waals surface area contributed by atoms with E-state index in [1.165, 1.54) is 0 Å². The minimum Gasteiger partial charge on any atom is -0.481 e. The number of ketones is 1. The summed E-state index contributed by atoms with van der Waals surface area (Å²) in [6, 6.07) is 0. The van der Waals surface area contributed by atoms with Crippen LogP contribution in [0.2, 0.25) is 0 Å². The maximum atomic E-state index is 11.6. The number of carboxylic acids is 1. The molecule has 0 saturated heterocycles. The number of aliphatic carboxylic acids is 1. The van der Waals surface area contributed by atoms with Gasteiger partial charge in [0, 0.05) is 12.3 Å². The van der Waals surface area contributed by atoms with E-state index in [4.69, 9.17) is 5.11 Å². The summed E-state index contributed by atoms with van der Waals surface area (Å²) in [5.74, 6) is -1.14. The van der Waals surface area contributed by atoms with Crippen molar-refractivity contribution in [2.75, 3.05) is 0 Å². The van der Waals surface area contributed by atoms with Crippen LogP contribution in [0.1, 0.15) is 19.8 Å².